The van der Waals surface area contributed by atoms with Gasteiger partial charge in [0, 0.05) is 6.42 Å². The van der Waals surface area contributed by atoms with E-state index in [2.05, 4.69) is 10.3 Å². The summed E-state index contributed by atoms with van der Waals surface area (Å²) >= 11 is 0.827. The number of amides is 1. The molecule has 0 aliphatic carbocycles. The van der Waals surface area contributed by atoms with Gasteiger partial charge in [-0.05, 0) is 0 Å². The minimum absolute atomic E-state index is 0.0658. The third-order valence-corrected chi connectivity index (χ3v) is 3.65. The highest BCUT2D eigenvalue weighted by atomic mass is 32.2. The van der Waals surface area contributed by atoms with E-state index in [1.165, 1.54) is 0 Å². The first-order valence-corrected chi connectivity index (χ1v) is 6.08. The first-order valence-electron chi connectivity index (χ1n) is 3.72. The van der Waals surface area contributed by atoms with E-state index in [1.54, 1.807) is 6.92 Å². The molecular weight excluding hydrogens is 226 g/mol. The molecule has 78 valence electrons. The molecule has 0 saturated heterocycles. The van der Waals surface area contributed by atoms with E-state index >= 15 is 0 Å². The van der Waals surface area contributed by atoms with Crippen molar-refractivity contribution in [2.75, 3.05) is 5.32 Å². The molecule has 0 atom stereocenters. The Bertz CT molecular complexity index is 437. The summed E-state index contributed by atoms with van der Waals surface area (Å²) in [5.41, 5.74) is 0. The van der Waals surface area contributed by atoms with Gasteiger partial charge < -0.3 is 5.32 Å². The highest BCUT2D eigenvalue weighted by Gasteiger charge is 2.13. The molecule has 0 unspecified atom stereocenters. The van der Waals surface area contributed by atoms with Crippen LogP contribution in [0, 0.1) is 0 Å². The van der Waals surface area contributed by atoms with E-state index in [1.807, 2.05) is 0 Å². The number of primary sulfonamides is 1. The van der Waals surface area contributed by atoms with Crippen LogP contribution < -0.4 is 10.5 Å². The lowest BCUT2D eigenvalue weighted by atomic mass is 10.5. The molecule has 14 heavy (non-hydrogen) atoms. The van der Waals surface area contributed by atoms with Crippen LogP contribution in [0.15, 0.2) is 10.4 Å². The van der Waals surface area contributed by atoms with Gasteiger partial charge in [0.1, 0.15) is 0 Å². The van der Waals surface area contributed by atoms with Gasteiger partial charge in [-0.2, -0.15) is 0 Å². The van der Waals surface area contributed by atoms with Gasteiger partial charge in [0.2, 0.25) is 15.9 Å². The fraction of sp³-hybridized carbons (Fsp3) is 0.333. The molecule has 1 aromatic heterocycles. The number of sulfonamides is 1. The third kappa shape index (κ3) is 2.76. The highest BCUT2D eigenvalue weighted by Crippen LogP contribution is 2.21. The zero-order valence-electron chi connectivity index (χ0n) is 7.35. The molecule has 0 radical (unpaired) electrons. The molecule has 0 aliphatic rings. The third-order valence-electron chi connectivity index (χ3n) is 1.33. The summed E-state index contributed by atoms with van der Waals surface area (Å²) in [6, 6.07) is 0. The lowest BCUT2D eigenvalue weighted by Crippen LogP contribution is -2.10. The Balaban J connectivity index is 2.84. The van der Waals surface area contributed by atoms with Gasteiger partial charge in [0.05, 0.1) is 6.20 Å². The Morgan fingerprint density at radius 3 is 2.79 bits per heavy atom. The number of thiazole rings is 1. The molecule has 1 aromatic rings. The number of hydrogen-bond acceptors (Lipinski definition) is 5. The Kier molecular flexibility index (Phi) is 3.19. The maximum Gasteiger partial charge on any atom is 0.249 e. The fourth-order valence-electron chi connectivity index (χ4n) is 0.656. The number of anilines is 1. The second kappa shape index (κ2) is 4.03. The molecule has 8 heteroatoms. The van der Waals surface area contributed by atoms with Crippen LogP contribution in [0.1, 0.15) is 13.3 Å². The SMILES string of the molecule is CCC(=O)Nc1ncc(S(N)(=O)=O)s1. The predicted octanol–water partition coefficient (Wildman–Crippen LogP) is 0.139. The van der Waals surface area contributed by atoms with Crippen molar-refractivity contribution in [3.63, 3.8) is 0 Å². The Morgan fingerprint density at radius 2 is 2.36 bits per heavy atom. The standard InChI is InChI=1S/C6H9N3O3S2/c1-2-4(10)9-6-8-3-5(13-6)14(7,11)12/h3H,2H2,1H3,(H2,7,11,12)(H,8,9,10). The van der Waals surface area contributed by atoms with Crippen LogP contribution in [-0.2, 0) is 14.8 Å². The second-order valence-corrected chi connectivity index (χ2v) is 5.25. The van der Waals surface area contributed by atoms with Crippen molar-refractivity contribution < 1.29 is 13.2 Å². The van der Waals surface area contributed by atoms with E-state index in [-0.39, 0.29) is 15.2 Å². The van der Waals surface area contributed by atoms with Crippen LogP contribution in [0.5, 0.6) is 0 Å². The van der Waals surface area contributed by atoms with E-state index in [0.717, 1.165) is 17.5 Å². The average molecular weight is 235 g/mol. The number of nitrogens with two attached hydrogens (primary N) is 1. The van der Waals surface area contributed by atoms with Gasteiger partial charge in [-0.3, -0.25) is 4.79 Å². The van der Waals surface area contributed by atoms with Crippen molar-refractivity contribution in [2.24, 2.45) is 5.14 Å². The molecule has 0 fully saturated rings. The van der Waals surface area contributed by atoms with Crippen molar-refractivity contribution in [2.45, 2.75) is 17.6 Å². The zero-order chi connectivity index (χ0) is 10.8. The van der Waals surface area contributed by atoms with Crippen molar-refractivity contribution in [1.82, 2.24) is 4.98 Å². The number of hydrogen-bond donors (Lipinski definition) is 2. The van der Waals surface area contributed by atoms with Crippen LogP contribution in [0.3, 0.4) is 0 Å². The molecule has 0 saturated carbocycles. The molecule has 0 spiro atoms. The largest absolute Gasteiger partial charge is 0.302 e. The van der Waals surface area contributed by atoms with Crippen LogP contribution >= 0.6 is 11.3 Å². The summed E-state index contributed by atoms with van der Waals surface area (Å²) in [5.74, 6) is -0.222. The van der Waals surface area contributed by atoms with Crippen molar-refractivity contribution in [1.29, 1.82) is 0 Å². The van der Waals surface area contributed by atoms with Gasteiger partial charge in [-0.25, -0.2) is 18.5 Å². The number of nitrogens with one attached hydrogen (secondary N) is 1. The minimum Gasteiger partial charge on any atom is -0.302 e. The van der Waals surface area contributed by atoms with Gasteiger partial charge >= 0.3 is 0 Å². The summed E-state index contributed by atoms with van der Waals surface area (Å²) in [4.78, 5) is 14.6. The monoisotopic (exact) mass is 235 g/mol. The lowest BCUT2D eigenvalue weighted by molar-refractivity contribution is -0.115. The van der Waals surface area contributed by atoms with E-state index in [4.69, 9.17) is 5.14 Å². The van der Waals surface area contributed by atoms with E-state index < -0.39 is 10.0 Å². The summed E-state index contributed by atoms with van der Waals surface area (Å²) in [7, 11) is -3.72. The molecule has 1 amide bonds. The van der Waals surface area contributed by atoms with Crippen molar-refractivity contribution in [3.8, 4) is 0 Å². The number of carbonyl (C=O) groups excluding carboxylic acids is 1. The Morgan fingerprint density at radius 1 is 1.71 bits per heavy atom. The molecule has 1 heterocycles. The summed E-state index contributed by atoms with van der Waals surface area (Å²) < 4.78 is 21.6. The van der Waals surface area contributed by atoms with Crippen molar-refractivity contribution >= 4 is 32.4 Å². The van der Waals surface area contributed by atoms with Crippen LogP contribution in [-0.4, -0.2) is 19.3 Å². The first-order chi connectivity index (χ1) is 6.43. The maximum atomic E-state index is 10.9. The second-order valence-electron chi connectivity index (χ2n) is 2.43. The van der Waals surface area contributed by atoms with Crippen molar-refractivity contribution in [3.05, 3.63) is 6.20 Å². The molecule has 6 nitrogen and oxygen atoms in total. The van der Waals surface area contributed by atoms with Gasteiger partial charge in [-0.1, -0.05) is 18.3 Å². The maximum absolute atomic E-state index is 10.9. The Hall–Kier alpha value is -0.990. The predicted molar refractivity (Wildman–Crippen MR) is 52.4 cm³/mol. The topological polar surface area (TPSA) is 102 Å². The lowest BCUT2D eigenvalue weighted by Gasteiger charge is -1.95. The number of aromatic nitrogens is 1. The molecule has 3 N–H and O–H groups in total. The highest BCUT2D eigenvalue weighted by molar-refractivity contribution is 7.91. The normalized spacial score (nSPS) is 11.3. The molecular formula is C6H9N3O3S2. The van der Waals surface area contributed by atoms with Crippen LogP contribution in [0.25, 0.3) is 0 Å². The van der Waals surface area contributed by atoms with Gasteiger partial charge in [-0.15, -0.1) is 0 Å². The molecule has 0 aromatic carbocycles. The summed E-state index contributed by atoms with van der Waals surface area (Å²) in [6.07, 6.45) is 1.43. The van der Waals surface area contributed by atoms with Gasteiger partial charge in [0.15, 0.2) is 9.34 Å². The average Bonchev–Trinajstić information content (AvgIpc) is 2.51. The van der Waals surface area contributed by atoms with E-state index in [0.29, 0.717) is 6.42 Å². The van der Waals surface area contributed by atoms with E-state index in [9.17, 15) is 13.2 Å². The van der Waals surface area contributed by atoms with Crippen LogP contribution in [0.4, 0.5) is 5.13 Å². The van der Waals surface area contributed by atoms with Crippen LogP contribution in [0.2, 0.25) is 0 Å². The minimum atomic E-state index is -3.72. The zero-order valence-corrected chi connectivity index (χ0v) is 8.98. The summed E-state index contributed by atoms with van der Waals surface area (Å²) in [6.45, 7) is 1.68. The first kappa shape index (κ1) is 11.1. The number of nitrogens with zero attached hydrogens (tertiary/aromatic N) is 1. The molecule has 1 rings (SSSR count). The van der Waals surface area contributed by atoms with Gasteiger partial charge in [0.25, 0.3) is 0 Å². The number of rotatable bonds is 3. The fourth-order valence-corrected chi connectivity index (χ4v) is 2.12. The molecule has 0 aliphatic heterocycles. The summed E-state index contributed by atoms with van der Waals surface area (Å²) in [5, 5.41) is 7.53. The quantitative estimate of drug-likeness (QED) is 0.777. The smallest absolute Gasteiger partial charge is 0.249 e. The molecule has 0 bridgehead atoms. The Labute approximate surface area is 85.2 Å². The number of carbonyl (C=O) groups is 1.